The first-order chi connectivity index (χ1) is 15.0. The molecular weight excluding hydrogens is 410 g/mol. The number of nitrogens with zero attached hydrogens (tertiary/aromatic N) is 3. The number of benzene rings is 2. The van der Waals surface area contributed by atoms with Gasteiger partial charge in [-0.05, 0) is 43.0 Å². The lowest BCUT2D eigenvalue weighted by Crippen LogP contribution is -2.23. The summed E-state index contributed by atoms with van der Waals surface area (Å²) in [6.45, 7) is 9.71. The van der Waals surface area contributed by atoms with Crippen LogP contribution in [0.2, 0.25) is 0 Å². The summed E-state index contributed by atoms with van der Waals surface area (Å²) in [7, 11) is 0. The van der Waals surface area contributed by atoms with Gasteiger partial charge in [0.05, 0.1) is 21.9 Å². The van der Waals surface area contributed by atoms with Gasteiger partial charge in [0.25, 0.3) is 17.2 Å². The summed E-state index contributed by atoms with van der Waals surface area (Å²) >= 11 is 0. The van der Waals surface area contributed by atoms with E-state index in [-0.39, 0.29) is 22.2 Å². The second-order valence-corrected chi connectivity index (χ2v) is 8.49. The predicted octanol–water partition coefficient (Wildman–Crippen LogP) is 3.83. The molecule has 3 aromatic rings. The van der Waals surface area contributed by atoms with Gasteiger partial charge in [-0.3, -0.25) is 24.8 Å². The molecule has 0 saturated heterocycles. The minimum absolute atomic E-state index is 0.000932. The van der Waals surface area contributed by atoms with Gasteiger partial charge in [0.2, 0.25) is 0 Å². The van der Waals surface area contributed by atoms with Crippen molar-refractivity contribution in [3.63, 3.8) is 0 Å². The number of nitro benzene ring substituents is 1. The van der Waals surface area contributed by atoms with Crippen LogP contribution in [0.15, 0.2) is 58.4 Å². The van der Waals surface area contributed by atoms with Gasteiger partial charge in [0, 0.05) is 23.4 Å². The van der Waals surface area contributed by atoms with Gasteiger partial charge >= 0.3 is 0 Å². The quantitative estimate of drug-likeness (QED) is 0.359. The van der Waals surface area contributed by atoms with Crippen molar-refractivity contribution in [3.05, 3.63) is 91.4 Å². The lowest BCUT2D eigenvalue weighted by Gasteiger charge is -2.19. The molecule has 9 heteroatoms. The standard InChI is InChI=1S/C23H25N5O4/c1-14(24-25-21(29)16-7-6-8-19(13-16)28(31)32)20-15(2)26-27(22(20)30)18-11-9-17(10-12-18)23(3,4)5/h6-13,26H,1-5H3,(H,25,29)/b24-14+. The highest BCUT2D eigenvalue weighted by Gasteiger charge is 2.18. The first-order valence-corrected chi connectivity index (χ1v) is 10.0. The lowest BCUT2D eigenvalue weighted by atomic mass is 9.87. The third-order valence-electron chi connectivity index (χ3n) is 5.07. The van der Waals surface area contributed by atoms with Crippen molar-refractivity contribution in [1.82, 2.24) is 15.2 Å². The summed E-state index contributed by atoms with van der Waals surface area (Å²) in [5, 5.41) is 18.0. The number of nitrogens with one attached hydrogen (secondary N) is 2. The summed E-state index contributed by atoms with van der Waals surface area (Å²) in [6.07, 6.45) is 0. The highest BCUT2D eigenvalue weighted by atomic mass is 16.6. The Labute approximate surface area is 184 Å². The average Bonchev–Trinajstić information content (AvgIpc) is 3.05. The zero-order valence-electron chi connectivity index (χ0n) is 18.6. The minimum atomic E-state index is -0.612. The SMILES string of the molecule is C/C(=N\NC(=O)c1cccc([N+](=O)[O-])c1)c1c(C)[nH]n(-c2ccc(C(C)(C)C)cc2)c1=O. The maximum atomic E-state index is 13.0. The summed E-state index contributed by atoms with van der Waals surface area (Å²) in [5.41, 5.74) is 5.05. The zero-order valence-corrected chi connectivity index (χ0v) is 18.6. The number of non-ortho nitro benzene ring substituents is 1. The van der Waals surface area contributed by atoms with Crippen LogP contribution in [-0.2, 0) is 5.41 Å². The van der Waals surface area contributed by atoms with Crippen LogP contribution in [0.4, 0.5) is 5.69 Å². The van der Waals surface area contributed by atoms with E-state index in [1.807, 2.05) is 24.3 Å². The Morgan fingerprint density at radius 1 is 1.16 bits per heavy atom. The first-order valence-electron chi connectivity index (χ1n) is 10.0. The Bertz CT molecular complexity index is 1260. The summed E-state index contributed by atoms with van der Waals surface area (Å²) in [4.78, 5) is 35.7. The van der Waals surface area contributed by atoms with Crippen molar-refractivity contribution in [3.8, 4) is 5.69 Å². The highest BCUT2D eigenvalue weighted by Crippen LogP contribution is 2.23. The fourth-order valence-corrected chi connectivity index (χ4v) is 3.28. The van der Waals surface area contributed by atoms with E-state index in [9.17, 15) is 19.7 Å². The number of aromatic nitrogens is 2. The molecule has 0 bridgehead atoms. The number of aryl methyl sites for hydroxylation is 1. The van der Waals surface area contributed by atoms with Crippen molar-refractivity contribution in [2.45, 2.75) is 40.0 Å². The molecule has 32 heavy (non-hydrogen) atoms. The van der Waals surface area contributed by atoms with Crippen LogP contribution < -0.4 is 11.0 Å². The van der Waals surface area contributed by atoms with Crippen molar-refractivity contribution < 1.29 is 9.72 Å². The topological polar surface area (TPSA) is 122 Å². The van der Waals surface area contributed by atoms with Gasteiger partial charge in [0.15, 0.2) is 0 Å². The molecule has 0 fully saturated rings. The number of hydrogen-bond acceptors (Lipinski definition) is 5. The number of aromatic amines is 1. The molecule has 0 aliphatic rings. The predicted molar refractivity (Wildman–Crippen MR) is 123 cm³/mol. The molecule has 2 N–H and O–H groups in total. The number of nitro groups is 1. The van der Waals surface area contributed by atoms with Crippen molar-refractivity contribution >= 4 is 17.3 Å². The maximum Gasteiger partial charge on any atom is 0.280 e. The molecule has 2 aromatic carbocycles. The first kappa shape index (κ1) is 22.7. The number of hydrazone groups is 1. The molecular formula is C23H25N5O4. The van der Waals surface area contributed by atoms with Crippen LogP contribution in [-0.4, -0.2) is 26.3 Å². The number of rotatable bonds is 5. The fourth-order valence-electron chi connectivity index (χ4n) is 3.28. The Morgan fingerprint density at radius 3 is 2.41 bits per heavy atom. The molecule has 0 saturated carbocycles. The van der Waals surface area contributed by atoms with E-state index in [0.29, 0.717) is 22.7 Å². The summed E-state index contributed by atoms with van der Waals surface area (Å²) < 4.78 is 1.43. The van der Waals surface area contributed by atoms with Crippen LogP contribution in [0.3, 0.4) is 0 Å². The van der Waals surface area contributed by atoms with Crippen molar-refractivity contribution in [2.75, 3.05) is 0 Å². The zero-order chi connectivity index (χ0) is 23.6. The molecule has 0 radical (unpaired) electrons. The average molecular weight is 435 g/mol. The Balaban J connectivity index is 1.85. The molecule has 3 rings (SSSR count). The van der Waals surface area contributed by atoms with E-state index < -0.39 is 10.8 Å². The van der Waals surface area contributed by atoms with Crippen LogP contribution >= 0.6 is 0 Å². The molecule has 1 aromatic heterocycles. The number of carbonyl (C=O) groups is 1. The fraction of sp³-hybridized carbons (Fsp3) is 0.261. The van der Waals surface area contributed by atoms with Crippen LogP contribution in [0.5, 0.6) is 0 Å². The van der Waals surface area contributed by atoms with Gasteiger partial charge in [-0.2, -0.15) is 5.10 Å². The molecule has 0 atom stereocenters. The summed E-state index contributed by atoms with van der Waals surface area (Å²) in [5.74, 6) is -0.612. The van der Waals surface area contributed by atoms with E-state index in [0.717, 1.165) is 11.6 Å². The summed E-state index contributed by atoms with van der Waals surface area (Å²) in [6, 6.07) is 13.0. The maximum absolute atomic E-state index is 13.0. The van der Waals surface area contributed by atoms with E-state index >= 15 is 0 Å². The molecule has 1 amide bonds. The van der Waals surface area contributed by atoms with Crippen LogP contribution in [0.25, 0.3) is 5.69 Å². The number of carbonyl (C=O) groups excluding carboxylic acids is 1. The number of H-pyrrole nitrogens is 1. The molecule has 1 heterocycles. The van der Waals surface area contributed by atoms with E-state index in [1.165, 1.54) is 22.9 Å². The molecule has 9 nitrogen and oxygen atoms in total. The number of amides is 1. The van der Waals surface area contributed by atoms with Gasteiger partial charge < -0.3 is 0 Å². The molecule has 0 spiro atoms. The monoisotopic (exact) mass is 435 g/mol. The van der Waals surface area contributed by atoms with Gasteiger partial charge in [-0.15, -0.1) is 0 Å². The Hall–Kier alpha value is -4.01. The molecule has 0 aliphatic carbocycles. The van der Waals surface area contributed by atoms with Gasteiger partial charge in [0.1, 0.15) is 0 Å². The smallest absolute Gasteiger partial charge is 0.280 e. The Kier molecular flexibility index (Phi) is 6.11. The third kappa shape index (κ3) is 4.66. The minimum Gasteiger partial charge on any atom is -0.295 e. The third-order valence-corrected chi connectivity index (χ3v) is 5.07. The van der Waals surface area contributed by atoms with Crippen molar-refractivity contribution in [1.29, 1.82) is 0 Å². The van der Waals surface area contributed by atoms with E-state index in [4.69, 9.17) is 0 Å². The highest BCUT2D eigenvalue weighted by molar-refractivity contribution is 6.01. The van der Waals surface area contributed by atoms with Gasteiger partial charge in [-0.1, -0.05) is 39.0 Å². The van der Waals surface area contributed by atoms with Crippen LogP contribution in [0.1, 0.15) is 54.9 Å². The number of hydrogen-bond donors (Lipinski definition) is 2. The largest absolute Gasteiger partial charge is 0.295 e. The second kappa shape index (κ2) is 8.62. The molecule has 0 unspecified atom stereocenters. The normalized spacial score (nSPS) is 12.0. The van der Waals surface area contributed by atoms with E-state index in [2.05, 4.69) is 36.4 Å². The molecule has 166 valence electrons. The Morgan fingerprint density at radius 2 is 1.81 bits per heavy atom. The molecule has 0 aliphatic heterocycles. The lowest BCUT2D eigenvalue weighted by molar-refractivity contribution is -0.384. The van der Waals surface area contributed by atoms with Crippen molar-refractivity contribution in [2.24, 2.45) is 5.10 Å². The second-order valence-electron chi connectivity index (χ2n) is 8.49. The van der Waals surface area contributed by atoms with Gasteiger partial charge in [-0.25, -0.2) is 10.1 Å². The van der Waals surface area contributed by atoms with E-state index in [1.54, 1.807) is 13.8 Å². The van der Waals surface area contributed by atoms with Crippen LogP contribution in [0, 0.1) is 17.0 Å².